The third kappa shape index (κ3) is 14.7. The number of pyridine rings is 7. The van der Waals surface area contributed by atoms with E-state index >= 15 is 0 Å². The Morgan fingerprint density at radius 2 is 1.00 bits per heavy atom. The number of aromatic nitrogens is 9. The van der Waals surface area contributed by atoms with Crippen molar-refractivity contribution in [1.82, 2.24) is 60.1 Å². The Morgan fingerprint density at radius 1 is 0.536 bits per heavy atom. The molecule has 0 spiro atoms. The molecule has 426 valence electrons. The van der Waals surface area contributed by atoms with Gasteiger partial charge in [0, 0.05) is 80.1 Å². The van der Waals surface area contributed by atoms with Gasteiger partial charge in [0.1, 0.15) is 28.4 Å². The van der Waals surface area contributed by atoms with E-state index in [2.05, 4.69) is 110 Å². The first-order valence-electron chi connectivity index (χ1n) is 26.7. The van der Waals surface area contributed by atoms with E-state index in [1.54, 1.807) is 138 Å². The molecule has 0 aromatic carbocycles. The van der Waals surface area contributed by atoms with Gasteiger partial charge in [0.05, 0.1) is 55.8 Å². The molecule has 2 fully saturated rings. The van der Waals surface area contributed by atoms with Crippen LogP contribution in [0, 0.1) is 22.7 Å². The van der Waals surface area contributed by atoms with Crippen molar-refractivity contribution in [1.29, 1.82) is 10.5 Å². The predicted molar refractivity (Wildman–Crippen MR) is 327 cm³/mol. The van der Waals surface area contributed by atoms with Crippen molar-refractivity contribution >= 4 is 106 Å². The minimum atomic E-state index is -2.05. The first-order valence-corrected chi connectivity index (χ1v) is 38.2. The molecule has 0 saturated heterocycles. The van der Waals surface area contributed by atoms with Crippen LogP contribution in [0.3, 0.4) is 0 Å². The number of rotatable bonds is 11. The molecule has 0 radical (unpaired) electrons. The van der Waals surface area contributed by atoms with Gasteiger partial charge in [0.15, 0.2) is 0 Å². The molecule has 24 heteroatoms. The third-order valence-electron chi connectivity index (χ3n) is 13.8. The molecule has 0 aliphatic heterocycles. The molecule has 9 aromatic rings. The van der Waals surface area contributed by atoms with Crippen LogP contribution in [0.5, 0.6) is 0 Å². The van der Waals surface area contributed by atoms with Gasteiger partial charge in [0.25, 0.3) is 23.6 Å². The van der Waals surface area contributed by atoms with E-state index in [1.165, 1.54) is 28.5 Å². The van der Waals surface area contributed by atoms with Gasteiger partial charge >= 0.3 is 88.8 Å². The Balaban J connectivity index is 0.000000160. The SMILES string of the molecule is CNC(=O)c1cc[c]([Sn]([CH3])([CH3])[CH3])nc1.CNC(=O)c1ccc(-c2cnn3ccc(C(=O)N(c4ccc(C#N)cn4)C4CCC4)cc23)nc1.CNC(=O)c1ccc(Br)nc1.N#Cc1ccc(N(C(=O)c2ccn3ncc(Br)c3c2)C2CCC2)nc1. The van der Waals surface area contributed by atoms with Crippen molar-refractivity contribution in [3.05, 3.63) is 189 Å². The number of nitrogens with zero attached hydrogens (tertiary/aromatic N) is 13. The maximum atomic E-state index is 13.6. The summed E-state index contributed by atoms with van der Waals surface area (Å²) in [7, 11) is 4.78. The average Bonchev–Trinajstić information content (AvgIpc) is 4.24. The third-order valence-corrected chi connectivity index (χ3v) is 20.1. The van der Waals surface area contributed by atoms with Crippen LogP contribution >= 0.6 is 31.9 Å². The fraction of sp³-hybridized carbons (Fsp3) is 0.233. The molecule has 2 aliphatic rings. The maximum absolute atomic E-state index is 13.6. The number of halogens is 2. The van der Waals surface area contributed by atoms with Gasteiger partial charge in [-0.25, -0.2) is 24.0 Å². The van der Waals surface area contributed by atoms with Crippen molar-refractivity contribution in [2.45, 2.75) is 65.4 Å². The Labute approximate surface area is 505 Å². The van der Waals surface area contributed by atoms with Crippen molar-refractivity contribution in [3.63, 3.8) is 0 Å². The Bertz CT molecular complexity index is 3910. The molecule has 0 bridgehead atoms. The molecule has 21 nitrogen and oxygen atoms in total. The molecule has 3 N–H and O–H groups in total. The standard InChI is InChI=1S/C25H21N7O2.C18H14BrN5O.C7H7BrN2O.C7H7N2O.3CH3.Sn/c1-27-24(33)18-6-7-21(28-14-18)20-15-30-31-10-9-17(11-22(20)31)25(34)32(19-3-2-4-19)23-8-5-16(12-26)13-29-23;19-15-11-22-23-7-6-13(8-16(15)23)18(25)24(14-2-1-3-14)17-5-4-12(9-20)10-21-17;1-9-7(11)5-2-3-6(8)10-4-5;1-8-7(10)6-3-2-4-9-5-6;;;;/h5-11,13-15,19H,2-4H2,1H3,(H,27,33);4-8,10-11,14H,1-3H2;2-4H,1H3,(H,9,11);2-3,5H,1H3,(H,8,10);3*1H3;. The molecule has 2 saturated carbocycles. The second-order valence-corrected chi connectivity index (χ2v) is 36.3. The quantitative estimate of drug-likeness (QED) is 0.0805. The average molecular weight is 1360 g/mol. The van der Waals surface area contributed by atoms with Crippen molar-refractivity contribution in [2.75, 3.05) is 30.9 Å². The van der Waals surface area contributed by atoms with Crippen LogP contribution in [0.25, 0.3) is 22.3 Å². The largest absolute Gasteiger partial charge is 0.355 e. The molecule has 9 heterocycles. The van der Waals surface area contributed by atoms with Gasteiger partial charge in [-0.15, -0.1) is 0 Å². The molecule has 2 aliphatic carbocycles. The zero-order valence-corrected chi connectivity index (χ0v) is 52.8. The Kier molecular flexibility index (Phi) is 20.4. The molecular formula is C60H58Br2N16O5Sn. The topological polar surface area (TPSA) is 275 Å². The van der Waals surface area contributed by atoms with E-state index < -0.39 is 18.4 Å². The number of nitrogens with one attached hydrogen (secondary N) is 3. The summed E-state index contributed by atoms with van der Waals surface area (Å²) in [4.78, 5) is 92.6. The second-order valence-electron chi connectivity index (χ2n) is 20.3. The zero-order chi connectivity index (χ0) is 60.1. The number of hydrogen-bond acceptors (Lipinski definition) is 14. The fourth-order valence-electron chi connectivity index (χ4n) is 8.67. The molecule has 84 heavy (non-hydrogen) atoms. The summed E-state index contributed by atoms with van der Waals surface area (Å²) in [6, 6.07) is 29.0. The summed E-state index contributed by atoms with van der Waals surface area (Å²) in [6.07, 6.45) is 20.5. The molecular weight excluding hydrogens is 1300 g/mol. The smallest absolute Gasteiger partial charge is 0.259 e. The summed E-state index contributed by atoms with van der Waals surface area (Å²) >= 11 is 4.58. The van der Waals surface area contributed by atoms with Gasteiger partial charge in [-0.3, -0.25) is 34.0 Å². The monoisotopic (exact) mass is 1360 g/mol. The molecule has 11 rings (SSSR count). The van der Waals surface area contributed by atoms with E-state index in [-0.39, 0.29) is 41.6 Å². The number of carbonyl (C=O) groups excluding carboxylic acids is 5. The zero-order valence-electron chi connectivity index (χ0n) is 46.8. The van der Waals surface area contributed by atoms with Crippen LogP contribution in [0.1, 0.15) is 101 Å². The van der Waals surface area contributed by atoms with E-state index in [0.717, 1.165) is 64.2 Å². The van der Waals surface area contributed by atoms with Crippen LogP contribution < -0.4 is 29.5 Å². The Morgan fingerprint density at radius 3 is 1.39 bits per heavy atom. The molecule has 0 unspecified atom stereocenters. The van der Waals surface area contributed by atoms with Crippen molar-refractivity contribution in [3.8, 4) is 23.4 Å². The van der Waals surface area contributed by atoms with E-state index in [0.29, 0.717) is 56.3 Å². The van der Waals surface area contributed by atoms with Gasteiger partial charge in [0.2, 0.25) is 0 Å². The van der Waals surface area contributed by atoms with Gasteiger partial charge < -0.3 is 10.6 Å². The normalized spacial score (nSPS) is 12.6. The number of fused-ring (bicyclic) bond motifs is 2. The maximum Gasteiger partial charge on any atom is 0.259 e. The van der Waals surface area contributed by atoms with Gasteiger partial charge in [-0.05, 0) is 143 Å². The number of hydrogen-bond donors (Lipinski definition) is 3. The van der Waals surface area contributed by atoms with Crippen LogP contribution in [-0.2, 0) is 0 Å². The fourth-order valence-corrected chi connectivity index (χ4v) is 12.2. The van der Waals surface area contributed by atoms with Crippen LogP contribution in [-0.4, -0.2) is 125 Å². The molecule has 0 atom stereocenters. The van der Waals surface area contributed by atoms with Crippen molar-refractivity contribution < 1.29 is 24.0 Å². The summed E-state index contributed by atoms with van der Waals surface area (Å²) in [5, 5.41) is 34.3. The first kappa shape index (κ1) is 61.3. The van der Waals surface area contributed by atoms with Crippen LogP contribution in [0.15, 0.2) is 150 Å². The number of amides is 5. The predicted octanol–water partition coefficient (Wildman–Crippen LogP) is 8.97. The second kappa shape index (κ2) is 28.0. The first-order chi connectivity index (χ1) is 40.4. The van der Waals surface area contributed by atoms with Gasteiger partial charge in [-0.1, -0.05) is 0 Å². The van der Waals surface area contributed by atoms with E-state index in [9.17, 15) is 24.0 Å². The number of anilines is 2. The molecule has 5 amide bonds. The Hall–Kier alpha value is -8.78. The summed E-state index contributed by atoms with van der Waals surface area (Å²) < 4.78 is 6.17. The summed E-state index contributed by atoms with van der Waals surface area (Å²) in [5.74, 6) is 0.476. The minimum Gasteiger partial charge on any atom is -0.355 e. The van der Waals surface area contributed by atoms with Crippen LogP contribution in [0.4, 0.5) is 11.6 Å². The number of nitriles is 2. The van der Waals surface area contributed by atoms with E-state index in [1.807, 2.05) is 18.2 Å². The summed E-state index contributed by atoms with van der Waals surface area (Å²) in [6.45, 7) is 0. The minimum absolute atomic E-state index is 0.0758. The number of carbonyl (C=O) groups is 5. The van der Waals surface area contributed by atoms with Gasteiger partial charge in [-0.2, -0.15) is 20.7 Å². The summed E-state index contributed by atoms with van der Waals surface area (Å²) in [5.41, 5.74) is 6.66. The molecule has 9 aromatic heterocycles. The van der Waals surface area contributed by atoms with Crippen molar-refractivity contribution in [2.24, 2.45) is 0 Å². The van der Waals surface area contributed by atoms with E-state index in [4.69, 9.17) is 10.5 Å². The van der Waals surface area contributed by atoms with Crippen LogP contribution in [0.2, 0.25) is 14.8 Å².